The number of hydrogen-bond donors (Lipinski definition) is 1. The molecular formula is C22H20N2O2. The summed E-state index contributed by atoms with van der Waals surface area (Å²) in [5, 5.41) is 6.56. The lowest BCUT2D eigenvalue weighted by atomic mass is 9.90. The van der Waals surface area contributed by atoms with Crippen molar-refractivity contribution in [3.8, 4) is 5.75 Å². The third kappa shape index (κ3) is 3.59. The van der Waals surface area contributed by atoms with Crippen molar-refractivity contribution in [1.82, 2.24) is 5.43 Å². The maximum Gasteiger partial charge on any atom is 0.277 e. The van der Waals surface area contributed by atoms with Crippen LogP contribution in [0.4, 0.5) is 0 Å². The number of amides is 1. The molecule has 3 aromatic carbocycles. The standard InChI is InChI=1S/C22H20N2O2/c25-22(15-26-19-13-12-16-6-1-2-8-18(16)14-19)24-23-21-11-5-9-17-7-3-4-10-20(17)21/h1-4,6-8,10,12-14H,5,9,11,15H2,(H,24,25). The number of ether oxygens (including phenoxy) is 1. The Kier molecular flexibility index (Phi) is 4.65. The Morgan fingerprint density at radius 3 is 2.69 bits per heavy atom. The van der Waals surface area contributed by atoms with Crippen LogP contribution in [-0.4, -0.2) is 18.2 Å². The van der Waals surface area contributed by atoms with Crippen molar-refractivity contribution in [3.05, 3.63) is 77.9 Å². The van der Waals surface area contributed by atoms with Gasteiger partial charge >= 0.3 is 0 Å². The van der Waals surface area contributed by atoms with E-state index in [1.165, 1.54) is 5.56 Å². The second-order valence-electron chi connectivity index (χ2n) is 6.40. The van der Waals surface area contributed by atoms with E-state index in [4.69, 9.17) is 4.74 Å². The average Bonchev–Trinajstić information content (AvgIpc) is 2.70. The second kappa shape index (κ2) is 7.40. The third-order valence-corrected chi connectivity index (χ3v) is 4.59. The molecule has 0 saturated carbocycles. The van der Waals surface area contributed by atoms with Gasteiger partial charge in [0, 0.05) is 5.56 Å². The number of rotatable bonds is 4. The third-order valence-electron chi connectivity index (χ3n) is 4.59. The summed E-state index contributed by atoms with van der Waals surface area (Å²) in [7, 11) is 0. The zero-order valence-electron chi connectivity index (χ0n) is 14.4. The van der Waals surface area contributed by atoms with Crippen LogP contribution >= 0.6 is 0 Å². The quantitative estimate of drug-likeness (QED) is 0.725. The molecule has 0 aliphatic heterocycles. The number of carbonyl (C=O) groups is 1. The van der Waals surface area contributed by atoms with E-state index in [0.29, 0.717) is 5.75 Å². The molecule has 1 amide bonds. The Hall–Kier alpha value is -3.14. The minimum absolute atomic E-state index is 0.0588. The van der Waals surface area contributed by atoms with Gasteiger partial charge in [0.1, 0.15) is 5.75 Å². The van der Waals surface area contributed by atoms with Crippen molar-refractivity contribution in [1.29, 1.82) is 0 Å². The van der Waals surface area contributed by atoms with Gasteiger partial charge in [-0.15, -0.1) is 0 Å². The maximum atomic E-state index is 12.1. The van der Waals surface area contributed by atoms with Crippen molar-refractivity contribution in [2.24, 2.45) is 5.10 Å². The summed E-state index contributed by atoms with van der Waals surface area (Å²) in [4.78, 5) is 12.1. The molecular weight excluding hydrogens is 324 g/mol. The first-order valence-corrected chi connectivity index (χ1v) is 8.85. The largest absolute Gasteiger partial charge is 0.484 e. The van der Waals surface area contributed by atoms with Gasteiger partial charge in [0.2, 0.25) is 0 Å². The Morgan fingerprint density at radius 2 is 1.77 bits per heavy atom. The van der Waals surface area contributed by atoms with Crippen LogP contribution in [0, 0.1) is 0 Å². The normalized spacial score (nSPS) is 14.8. The van der Waals surface area contributed by atoms with E-state index >= 15 is 0 Å². The van der Waals surface area contributed by atoms with Crippen molar-refractivity contribution < 1.29 is 9.53 Å². The summed E-state index contributed by atoms with van der Waals surface area (Å²) in [6.45, 7) is -0.0588. The summed E-state index contributed by atoms with van der Waals surface area (Å²) in [5.41, 5.74) is 5.99. The molecule has 0 radical (unpaired) electrons. The van der Waals surface area contributed by atoms with Crippen LogP contribution in [0.3, 0.4) is 0 Å². The molecule has 0 saturated heterocycles. The van der Waals surface area contributed by atoms with Crippen LogP contribution in [0.2, 0.25) is 0 Å². The number of hydrogen-bond acceptors (Lipinski definition) is 3. The first-order valence-electron chi connectivity index (χ1n) is 8.85. The lowest BCUT2D eigenvalue weighted by molar-refractivity contribution is -0.123. The molecule has 0 spiro atoms. The lowest BCUT2D eigenvalue weighted by Gasteiger charge is -2.17. The molecule has 0 atom stereocenters. The number of hydrazone groups is 1. The molecule has 0 fully saturated rings. The van der Waals surface area contributed by atoms with Gasteiger partial charge in [-0.05, 0) is 47.7 Å². The molecule has 4 rings (SSSR count). The number of nitrogens with zero attached hydrogens (tertiary/aromatic N) is 1. The molecule has 1 aliphatic carbocycles. The first kappa shape index (κ1) is 16.3. The van der Waals surface area contributed by atoms with Gasteiger partial charge in [0.25, 0.3) is 5.91 Å². The smallest absolute Gasteiger partial charge is 0.277 e. The maximum absolute atomic E-state index is 12.1. The van der Waals surface area contributed by atoms with Gasteiger partial charge in [-0.25, -0.2) is 5.43 Å². The number of carbonyl (C=O) groups excluding carboxylic acids is 1. The molecule has 0 unspecified atom stereocenters. The average molecular weight is 344 g/mol. The topological polar surface area (TPSA) is 50.7 Å². The van der Waals surface area contributed by atoms with Crippen molar-refractivity contribution in [3.63, 3.8) is 0 Å². The van der Waals surface area contributed by atoms with Gasteiger partial charge in [-0.1, -0.05) is 54.6 Å². The van der Waals surface area contributed by atoms with Crippen LogP contribution in [0.5, 0.6) is 5.75 Å². The molecule has 3 aromatic rings. The molecule has 4 nitrogen and oxygen atoms in total. The minimum atomic E-state index is -0.256. The van der Waals surface area contributed by atoms with Crippen molar-refractivity contribution >= 4 is 22.4 Å². The summed E-state index contributed by atoms with van der Waals surface area (Å²) >= 11 is 0. The van der Waals surface area contributed by atoms with E-state index in [9.17, 15) is 4.79 Å². The van der Waals surface area contributed by atoms with E-state index in [1.54, 1.807) is 0 Å². The van der Waals surface area contributed by atoms with Crippen LogP contribution in [0.15, 0.2) is 71.8 Å². The highest BCUT2D eigenvalue weighted by molar-refractivity contribution is 6.03. The van der Waals surface area contributed by atoms with E-state index in [-0.39, 0.29) is 12.5 Å². The van der Waals surface area contributed by atoms with E-state index in [2.05, 4.69) is 22.7 Å². The predicted octanol–water partition coefficient (Wildman–Crippen LogP) is 4.08. The molecule has 26 heavy (non-hydrogen) atoms. The fourth-order valence-electron chi connectivity index (χ4n) is 3.29. The van der Waals surface area contributed by atoms with E-state index in [0.717, 1.165) is 41.3 Å². The molecule has 1 N–H and O–H groups in total. The zero-order chi connectivity index (χ0) is 17.8. The summed E-state index contributed by atoms with van der Waals surface area (Å²) in [5.74, 6) is 0.420. The summed E-state index contributed by atoms with van der Waals surface area (Å²) in [6.07, 6.45) is 3.00. The number of fused-ring (bicyclic) bond motifs is 2. The van der Waals surface area contributed by atoms with Crippen molar-refractivity contribution in [2.75, 3.05) is 6.61 Å². The number of aryl methyl sites for hydroxylation is 1. The minimum Gasteiger partial charge on any atom is -0.484 e. The molecule has 0 bridgehead atoms. The van der Waals surface area contributed by atoms with E-state index in [1.807, 2.05) is 54.6 Å². The van der Waals surface area contributed by atoms with Gasteiger partial charge < -0.3 is 4.74 Å². The molecule has 0 heterocycles. The zero-order valence-corrected chi connectivity index (χ0v) is 14.4. The van der Waals surface area contributed by atoms with Gasteiger partial charge in [0.05, 0.1) is 5.71 Å². The Labute approximate surface area is 152 Å². The summed E-state index contributed by atoms with van der Waals surface area (Å²) < 4.78 is 5.60. The molecule has 1 aliphatic rings. The van der Waals surface area contributed by atoms with Crippen molar-refractivity contribution in [2.45, 2.75) is 19.3 Å². The van der Waals surface area contributed by atoms with Gasteiger partial charge in [0.15, 0.2) is 6.61 Å². The fraction of sp³-hybridized carbons (Fsp3) is 0.182. The highest BCUT2D eigenvalue weighted by atomic mass is 16.5. The number of nitrogens with one attached hydrogen (secondary N) is 1. The summed E-state index contributed by atoms with van der Waals surface area (Å²) in [6, 6.07) is 22.1. The fourth-order valence-corrected chi connectivity index (χ4v) is 3.29. The van der Waals surface area contributed by atoms with Gasteiger partial charge in [-0.2, -0.15) is 5.10 Å². The SMILES string of the molecule is O=C(COc1ccc2ccccc2c1)NN=C1CCCc2ccccc21. The van der Waals surface area contributed by atoms with E-state index < -0.39 is 0 Å². The molecule has 130 valence electrons. The highest BCUT2D eigenvalue weighted by Crippen LogP contribution is 2.22. The Balaban J connectivity index is 1.38. The molecule has 4 heteroatoms. The Morgan fingerprint density at radius 1 is 0.962 bits per heavy atom. The number of benzene rings is 3. The van der Waals surface area contributed by atoms with Gasteiger partial charge in [-0.3, -0.25) is 4.79 Å². The van der Waals surface area contributed by atoms with Crippen LogP contribution in [0.25, 0.3) is 10.8 Å². The second-order valence-corrected chi connectivity index (χ2v) is 6.40. The highest BCUT2D eigenvalue weighted by Gasteiger charge is 2.15. The molecule has 0 aromatic heterocycles. The van der Waals surface area contributed by atoms with Crippen LogP contribution in [0.1, 0.15) is 24.0 Å². The lowest BCUT2D eigenvalue weighted by Crippen LogP contribution is -2.26. The van der Waals surface area contributed by atoms with Crippen LogP contribution < -0.4 is 10.2 Å². The first-order chi connectivity index (χ1) is 12.8. The predicted molar refractivity (Wildman–Crippen MR) is 104 cm³/mol. The van der Waals surface area contributed by atoms with Crippen LogP contribution in [-0.2, 0) is 11.2 Å². The monoisotopic (exact) mass is 344 g/mol. The Bertz CT molecular complexity index is 979.